The van der Waals surface area contributed by atoms with E-state index in [1.54, 1.807) is 17.3 Å². The van der Waals surface area contributed by atoms with Crippen LogP contribution in [0.3, 0.4) is 0 Å². The van der Waals surface area contributed by atoms with E-state index in [9.17, 15) is 9.59 Å². The van der Waals surface area contributed by atoms with Gasteiger partial charge in [0, 0.05) is 26.9 Å². The third-order valence-electron chi connectivity index (χ3n) is 9.79. The monoisotopic (exact) mass is 855 g/mol. The van der Waals surface area contributed by atoms with Crippen molar-refractivity contribution in [1.29, 1.82) is 0 Å². The molecule has 0 spiro atoms. The first kappa shape index (κ1) is 37.6. The summed E-state index contributed by atoms with van der Waals surface area (Å²) in [6, 6.07) is 24.6. The third kappa shape index (κ3) is 8.03. The second-order valence-electron chi connectivity index (χ2n) is 14.6. The number of nitrogens with one attached hydrogen (secondary N) is 4. The Labute approximate surface area is 330 Å². The first-order valence-electron chi connectivity index (χ1n) is 18.0. The molecule has 3 unspecified atom stereocenters. The lowest BCUT2D eigenvalue weighted by Gasteiger charge is -2.40. The summed E-state index contributed by atoms with van der Waals surface area (Å²) in [5.41, 5.74) is 0.456. The van der Waals surface area contributed by atoms with E-state index in [2.05, 4.69) is 93.8 Å². The van der Waals surface area contributed by atoms with Crippen molar-refractivity contribution in [3.05, 3.63) is 118 Å². The van der Waals surface area contributed by atoms with Crippen LogP contribution < -0.4 is 10.6 Å². The van der Waals surface area contributed by atoms with Crippen LogP contribution in [0.1, 0.15) is 75.8 Å². The maximum absolute atomic E-state index is 14.1. The maximum Gasteiger partial charge on any atom is 0.413 e. The van der Waals surface area contributed by atoms with E-state index in [4.69, 9.17) is 14.5 Å². The number of aromatic amines is 2. The first-order valence-corrected chi connectivity index (χ1v) is 19.6. The quantitative estimate of drug-likeness (QED) is 0.136. The molecule has 2 amide bonds. The molecule has 13 heteroatoms. The summed E-state index contributed by atoms with van der Waals surface area (Å²) < 4.78 is 13.0. The molecule has 54 heavy (non-hydrogen) atoms. The average Bonchev–Trinajstić information content (AvgIpc) is 3.98. The molecular weight excluding hydrogens is 814 g/mol. The highest BCUT2D eigenvalue weighted by Crippen LogP contribution is 2.48. The molecule has 280 valence electrons. The zero-order chi connectivity index (χ0) is 38.0. The Kier molecular flexibility index (Phi) is 10.8. The molecule has 2 aliphatic rings. The van der Waals surface area contributed by atoms with Gasteiger partial charge in [-0.2, -0.15) is 0 Å². The van der Waals surface area contributed by atoms with E-state index >= 15 is 0 Å². The van der Waals surface area contributed by atoms with Crippen LogP contribution >= 0.6 is 31.9 Å². The van der Waals surface area contributed by atoms with Crippen molar-refractivity contribution in [2.75, 3.05) is 13.7 Å². The minimum atomic E-state index is -1.37. The topological polar surface area (TPSA) is 137 Å². The molecule has 4 N–H and O–H groups in total. The summed E-state index contributed by atoms with van der Waals surface area (Å²) in [5, 5.41) is 10.6. The smallest absolute Gasteiger partial charge is 0.413 e. The highest BCUT2D eigenvalue weighted by Gasteiger charge is 2.55. The van der Waals surface area contributed by atoms with Crippen LogP contribution in [-0.4, -0.2) is 56.3 Å². The van der Waals surface area contributed by atoms with Crippen molar-refractivity contribution in [1.82, 2.24) is 35.5 Å². The van der Waals surface area contributed by atoms with E-state index in [-0.39, 0.29) is 0 Å². The largest absolute Gasteiger partial charge is 0.453 e. The molecular formula is C41H43Br2N7O4. The van der Waals surface area contributed by atoms with Crippen molar-refractivity contribution in [3.8, 4) is 11.3 Å². The minimum Gasteiger partial charge on any atom is -0.453 e. The van der Waals surface area contributed by atoms with Gasteiger partial charge >= 0.3 is 12.2 Å². The lowest BCUT2D eigenvalue weighted by atomic mass is 10.0. The van der Waals surface area contributed by atoms with Gasteiger partial charge in [0.05, 0.1) is 31.1 Å². The number of imidazole rings is 2. The molecule has 8 rings (SSSR count). The summed E-state index contributed by atoms with van der Waals surface area (Å²) in [5.74, 6) is 1.49. The Morgan fingerprint density at radius 3 is 2.24 bits per heavy atom. The molecule has 4 heterocycles. The van der Waals surface area contributed by atoms with Crippen molar-refractivity contribution < 1.29 is 19.1 Å². The molecule has 2 aromatic heterocycles. The van der Waals surface area contributed by atoms with Crippen LogP contribution in [0.15, 0.2) is 100 Å². The number of aromatic nitrogens is 4. The van der Waals surface area contributed by atoms with Crippen LogP contribution in [0.25, 0.3) is 32.8 Å². The zero-order valence-electron chi connectivity index (χ0n) is 30.6. The van der Waals surface area contributed by atoms with E-state index in [0.29, 0.717) is 24.7 Å². The van der Waals surface area contributed by atoms with Crippen LogP contribution in [0.5, 0.6) is 0 Å². The minimum absolute atomic E-state index is 0.378. The third-order valence-corrected chi connectivity index (χ3v) is 10.8. The van der Waals surface area contributed by atoms with E-state index in [1.165, 1.54) is 20.0 Å². The molecule has 11 nitrogen and oxygen atoms in total. The SMILES string of the molecule is COC(=O)NC1(c2ncc(-c3ccc4cc(Br)ccc4c3)[nH]2)CCC(c2ccc3cc(Br)ccc3c2)N1C(=O)OC(C)(C)C.c1c[nH]c(C2CCCN2)n1. The number of nitrogens with zero attached hydrogens (tertiary/aromatic N) is 3. The molecule has 2 saturated heterocycles. The lowest BCUT2D eigenvalue weighted by molar-refractivity contribution is -0.0132. The van der Waals surface area contributed by atoms with Gasteiger partial charge in [-0.3, -0.25) is 10.2 Å². The van der Waals surface area contributed by atoms with Crippen LogP contribution in [-0.2, 0) is 15.1 Å². The number of benzene rings is 4. The molecule has 2 fully saturated rings. The number of ether oxygens (including phenoxy) is 2. The van der Waals surface area contributed by atoms with Crippen molar-refractivity contribution in [3.63, 3.8) is 0 Å². The predicted octanol–water partition coefficient (Wildman–Crippen LogP) is 10.0. The molecule has 0 aliphatic carbocycles. The Morgan fingerprint density at radius 1 is 0.907 bits per heavy atom. The number of carbonyl (C=O) groups is 2. The van der Waals surface area contributed by atoms with E-state index in [1.807, 2.05) is 63.4 Å². The van der Waals surface area contributed by atoms with Gasteiger partial charge in [0.15, 0.2) is 11.5 Å². The maximum atomic E-state index is 14.1. The van der Waals surface area contributed by atoms with Gasteiger partial charge < -0.3 is 24.8 Å². The molecule has 2 aliphatic heterocycles. The van der Waals surface area contributed by atoms with Crippen molar-refractivity contribution in [2.24, 2.45) is 0 Å². The molecule has 6 aromatic rings. The Balaban J connectivity index is 0.000000386. The van der Waals surface area contributed by atoms with Gasteiger partial charge in [-0.1, -0.05) is 68.3 Å². The number of likely N-dealkylation sites (tertiary alicyclic amines) is 1. The average molecular weight is 858 g/mol. The Hall–Kier alpha value is -4.72. The normalized spacial score (nSPS) is 19.8. The fourth-order valence-electron chi connectivity index (χ4n) is 7.30. The van der Waals surface area contributed by atoms with E-state index in [0.717, 1.165) is 59.7 Å². The number of amides is 2. The fraction of sp³-hybridized carbons (Fsp3) is 0.317. The fourth-order valence-corrected chi connectivity index (χ4v) is 8.05. The van der Waals surface area contributed by atoms with Crippen molar-refractivity contribution >= 4 is 65.6 Å². The number of carbonyl (C=O) groups excluding carboxylic acids is 2. The summed E-state index contributed by atoms with van der Waals surface area (Å²) >= 11 is 7.08. The second kappa shape index (κ2) is 15.6. The van der Waals surface area contributed by atoms with Crippen LogP contribution in [0.4, 0.5) is 9.59 Å². The van der Waals surface area contributed by atoms with Gasteiger partial charge in [-0.15, -0.1) is 0 Å². The van der Waals surface area contributed by atoms with Crippen molar-refractivity contribution in [2.45, 2.75) is 69.8 Å². The Morgan fingerprint density at radius 2 is 1.59 bits per heavy atom. The number of alkyl carbamates (subject to hydrolysis) is 1. The number of rotatable bonds is 5. The lowest BCUT2D eigenvalue weighted by Crippen LogP contribution is -2.58. The number of halogens is 2. The second-order valence-corrected chi connectivity index (χ2v) is 16.4. The number of fused-ring (bicyclic) bond motifs is 2. The summed E-state index contributed by atoms with van der Waals surface area (Å²) in [7, 11) is 1.30. The number of hydrogen-bond acceptors (Lipinski definition) is 7. The molecule has 3 atom stereocenters. The van der Waals surface area contributed by atoms with Gasteiger partial charge in [-0.05, 0) is 117 Å². The summed E-state index contributed by atoms with van der Waals surface area (Å²) in [4.78, 5) is 44.1. The van der Waals surface area contributed by atoms with Gasteiger partial charge in [0.1, 0.15) is 11.4 Å². The summed E-state index contributed by atoms with van der Waals surface area (Å²) in [6.07, 6.45) is 7.56. The predicted molar refractivity (Wildman–Crippen MR) is 217 cm³/mol. The summed E-state index contributed by atoms with van der Waals surface area (Å²) in [6.45, 7) is 6.60. The van der Waals surface area contributed by atoms with Gasteiger partial charge in [-0.25, -0.2) is 19.6 Å². The number of H-pyrrole nitrogens is 2. The zero-order valence-corrected chi connectivity index (χ0v) is 33.8. The van der Waals surface area contributed by atoms with Gasteiger partial charge in [0.25, 0.3) is 0 Å². The van der Waals surface area contributed by atoms with E-state index < -0.39 is 29.5 Å². The van der Waals surface area contributed by atoms with Crippen LogP contribution in [0.2, 0.25) is 0 Å². The number of hydrogen-bond donors (Lipinski definition) is 4. The highest BCUT2D eigenvalue weighted by molar-refractivity contribution is 9.10. The molecule has 4 aromatic carbocycles. The Bertz CT molecular complexity index is 2280. The van der Waals surface area contributed by atoms with Gasteiger partial charge in [0.2, 0.25) is 0 Å². The molecule has 0 saturated carbocycles. The number of methoxy groups -OCH3 is 1. The first-order chi connectivity index (χ1) is 25.9. The van der Waals surface area contributed by atoms with Crippen LogP contribution in [0, 0.1) is 0 Å². The molecule has 0 bridgehead atoms. The standard InChI is InChI=1S/C34H32Br2N4O4.C7H11N3/c1-33(2,3)44-32(42)40-29(25-8-6-23-18-27(36)12-10-21(23)16-25)13-14-34(40,39-31(41)43-4)30-37-19-28(38-30)24-7-5-22-17-26(35)11-9-20(22)15-24;1-2-6(8-3-1)7-9-4-5-10-7/h5-12,15-19,29H,13-14H2,1-4H3,(H,37,38)(H,39,41);4-6,8H,1-3H2,(H,9,10). The highest BCUT2D eigenvalue weighted by atomic mass is 79.9. The molecule has 0 radical (unpaired) electrons.